The van der Waals surface area contributed by atoms with Crippen LogP contribution in [-0.4, -0.2) is 60.1 Å². The van der Waals surface area contributed by atoms with Gasteiger partial charge in [0.2, 0.25) is 21.8 Å². The molecule has 0 unspecified atom stereocenters. The lowest BCUT2D eigenvalue weighted by Crippen LogP contribution is -2.58. The zero-order chi connectivity index (χ0) is 24.3. The first-order chi connectivity index (χ1) is 16.2. The number of benzene rings is 1. The van der Waals surface area contributed by atoms with Crippen molar-refractivity contribution in [1.29, 1.82) is 0 Å². The third-order valence-electron chi connectivity index (χ3n) is 6.32. The summed E-state index contributed by atoms with van der Waals surface area (Å²) < 4.78 is 53.9. The Morgan fingerprint density at radius 2 is 1.85 bits per heavy atom. The van der Waals surface area contributed by atoms with Crippen LogP contribution in [0.1, 0.15) is 38.5 Å². The van der Waals surface area contributed by atoms with Gasteiger partial charge in [-0.3, -0.25) is 9.59 Å². The van der Waals surface area contributed by atoms with E-state index in [9.17, 15) is 26.8 Å². The first-order valence-electron chi connectivity index (χ1n) is 11.2. The summed E-state index contributed by atoms with van der Waals surface area (Å²) in [4.78, 5) is 31.2. The van der Waals surface area contributed by atoms with Gasteiger partial charge in [-0.15, -0.1) is 11.3 Å². The number of hydrogen-bond acceptors (Lipinski definition) is 6. The number of carbonyl (C=O) groups excluding carboxylic acids is 2. The summed E-state index contributed by atoms with van der Waals surface area (Å²) in [5.74, 6) is -2.62. The van der Waals surface area contributed by atoms with E-state index >= 15 is 0 Å². The highest BCUT2D eigenvalue weighted by Gasteiger charge is 2.39. The molecule has 34 heavy (non-hydrogen) atoms. The van der Waals surface area contributed by atoms with Gasteiger partial charge in [-0.25, -0.2) is 22.2 Å². The minimum absolute atomic E-state index is 0.00145. The van der Waals surface area contributed by atoms with E-state index in [2.05, 4.69) is 10.3 Å². The molecule has 2 heterocycles. The molecule has 2 fully saturated rings. The third-order valence-corrected chi connectivity index (χ3v) is 8.83. The largest absolute Gasteiger partial charge is 0.328 e. The van der Waals surface area contributed by atoms with Crippen LogP contribution in [-0.2, 0) is 19.6 Å². The molecule has 4 rings (SSSR count). The number of aromatic nitrogens is 1. The molecule has 12 heteroatoms. The van der Waals surface area contributed by atoms with Gasteiger partial charge in [0.05, 0.1) is 11.4 Å². The summed E-state index contributed by atoms with van der Waals surface area (Å²) >= 11 is 1.27. The van der Waals surface area contributed by atoms with Crippen LogP contribution < -0.4 is 5.32 Å². The fourth-order valence-corrected chi connectivity index (χ4v) is 6.57. The number of amides is 2. The van der Waals surface area contributed by atoms with Gasteiger partial charge in [0, 0.05) is 30.7 Å². The molecule has 1 saturated carbocycles. The van der Waals surface area contributed by atoms with Gasteiger partial charge in [-0.2, -0.15) is 4.31 Å². The monoisotopic (exact) mass is 512 g/mol. The van der Waals surface area contributed by atoms with Crippen LogP contribution in [0.4, 0.5) is 13.9 Å². The zero-order valence-electron chi connectivity index (χ0n) is 18.5. The van der Waals surface area contributed by atoms with E-state index in [4.69, 9.17) is 0 Å². The summed E-state index contributed by atoms with van der Waals surface area (Å²) in [5.41, 5.74) is 0. The van der Waals surface area contributed by atoms with Crippen LogP contribution in [0.5, 0.6) is 0 Å². The van der Waals surface area contributed by atoms with Crippen molar-refractivity contribution in [3.63, 3.8) is 0 Å². The van der Waals surface area contributed by atoms with E-state index in [-0.39, 0.29) is 19.0 Å². The van der Waals surface area contributed by atoms with Crippen LogP contribution in [0, 0.1) is 17.6 Å². The molecular formula is C22H26F2N4O4S2. The van der Waals surface area contributed by atoms with E-state index < -0.39 is 45.0 Å². The van der Waals surface area contributed by atoms with Crippen molar-refractivity contribution in [1.82, 2.24) is 14.2 Å². The van der Waals surface area contributed by atoms with Crippen molar-refractivity contribution in [3.05, 3.63) is 41.4 Å². The smallest absolute Gasteiger partial charge is 0.248 e. The molecule has 2 amide bonds. The molecule has 1 N–H and O–H groups in total. The Labute approximate surface area is 201 Å². The predicted octanol–water partition coefficient (Wildman–Crippen LogP) is 3.23. The predicted molar refractivity (Wildman–Crippen MR) is 123 cm³/mol. The fourth-order valence-electron chi connectivity index (χ4n) is 4.61. The fraction of sp³-hybridized carbons (Fsp3) is 0.500. The summed E-state index contributed by atoms with van der Waals surface area (Å²) in [6.07, 6.45) is 7.34. The normalized spacial score (nSPS) is 19.2. The topological polar surface area (TPSA) is 99.7 Å². The molecule has 2 aliphatic rings. The number of rotatable bonds is 7. The maximum absolute atomic E-state index is 13.6. The van der Waals surface area contributed by atoms with Crippen LogP contribution in [0.3, 0.4) is 0 Å². The molecule has 2 aromatic rings. The Hall–Kier alpha value is -2.44. The van der Waals surface area contributed by atoms with Crippen molar-refractivity contribution in [2.45, 2.75) is 49.5 Å². The number of nitrogens with one attached hydrogen (secondary N) is 1. The SMILES string of the molecule is O=C(Nc1nccs1)[C@H](CC1CCCCC1)N1CCN(S(=O)(=O)c2cc(F)cc(F)c2)CC1=O. The van der Waals surface area contributed by atoms with E-state index in [0.29, 0.717) is 23.5 Å². The van der Waals surface area contributed by atoms with Crippen molar-refractivity contribution in [2.24, 2.45) is 5.92 Å². The maximum Gasteiger partial charge on any atom is 0.248 e. The van der Waals surface area contributed by atoms with Crippen molar-refractivity contribution in [2.75, 3.05) is 25.0 Å². The molecule has 1 aliphatic heterocycles. The Morgan fingerprint density at radius 3 is 2.47 bits per heavy atom. The molecule has 1 atom stereocenters. The molecular weight excluding hydrogens is 486 g/mol. The van der Waals surface area contributed by atoms with Gasteiger partial charge < -0.3 is 10.2 Å². The van der Waals surface area contributed by atoms with Gasteiger partial charge in [-0.1, -0.05) is 32.1 Å². The van der Waals surface area contributed by atoms with Crippen molar-refractivity contribution < 1.29 is 26.8 Å². The molecule has 184 valence electrons. The molecule has 1 aromatic carbocycles. The molecule has 0 bridgehead atoms. The number of piperazine rings is 1. The maximum atomic E-state index is 13.6. The lowest BCUT2D eigenvalue weighted by molar-refractivity contribution is -0.142. The van der Waals surface area contributed by atoms with Crippen LogP contribution in [0.2, 0.25) is 0 Å². The van der Waals surface area contributed by atoms with Crippen LogP contribution >= 0.6 is 11.3 Å². The highest BCUT2D eigenvalue weighted by molar-refractivity contribution is 7.89. The lowest BCUT2D eigenvalue weighted by Gasteiger charge is -2.39. The Bertz CT molecular complexity index is 1120. The summed E-state index contributed by atoms with van der Waals surface area (Å²) in [7, 11) is -4.28. The van der Waals surface area contributed by atoms with E-state index in [1.165, 1.54) is 16.2 Å². The first kappa shape index (κ1) is 24.7. The summed E-state index contributed by atoms with van der Waals surface area (Å²) in [6.45, 7) is -0.595. The molecule has 1 aromatic heterocycles. The Kier molecular flexibility index (Phi) is 7.58. The van der Waals surface area contributed by atoms with Gasteiger partial charge in [0.1, 0.15) is 17.7 Å². The summed E-state index contributed by atoms with van der Waals surface area (Å²) in [5, 5.41) is 4.93. The molecule has 1 aliphatic carbocycles. The van der Waals surface area contributed by atoms with Gasteiger partial charge in [0.25, 0.3) is 0 Å². The molecule has 0 spiro atoms. The molecule has 8 nitrogen and oxygen atoms in total. The second kappa shape index (κ2) is 10.4. The number of nitrogens with zero attached hydrogens (tertiary/aromatic N) is 3. The Balaban J connectivity index is 1.51. The highest BCUT2D eigenvalue weighted by atomic mass is 32.2. The van der Waals surface area contributed by atoms with Gasteiger partial charge in [0.15, 0.2) is 5.13 Å². The number of carbonyl (C=O) groups is 2. The van der Waals surface area contributed by atoms with E-state index in [0.717, 1.165) is 48.5 Å². The summed E-state index contributed by atoms with van der Waals surface area (Å²) in [6, 6.07) is 1.28. The second-order valence-corrected chi connectivity index (χ2v) is 11.4. The standard InChI is InChI=1S/C22H26F2N4O4S2/c23-16-11-17(24)13-18(12-16)34(31,32)27-7-8-28(20(29)14-27)19(10-15-4-2-1-3-5-15)21(30)26-22-25-6-9-33-22/h6,9,11-13,15,19H,1-5,7-8,10,14H2,(H,25,26,30)/t19-/m0/s1. The minimum atomic E-state index is -4.28. The number of hydrogen-bond donors (Lipinski definition) is 1. The molecule has 0 radical (unpaired) electrons. The average molecular weight is 513 g/mol. The quantitative estimate of drug-likeness (QED) is 0.614. The molecule has 1 saturated heterocycles. The van der Waals surface area contributed by atoms with Gasteiger partial charge in [-0.05, 0) is 24.5 Å². The number of sulfonamides is 1. The number of halogens is 2. The van der Waals surface area contributed by atoms with Crippen LogP contribution in [0.25, 0.3) is 0 Å². The van der Waals surface area contributed by atoms with Crippen molar-refractivity contribution in [3.8, 4) is 0 Å². The van der Waals surface area contributed by atoms with E-state index in [1.54, 1.807) is 11.6 Å². The highest BCUT2D eigenvalue weighted by Crippen LogP contribution is 2.30. The van der Waals surface area contributed by atoms with E-state index in [1.807, 2.05) is 0 Å². The Morgan fingerprint density at radius 1 is 1.15 bits per heavy atom. The minimum Gasteiger partial charge on any atom is -0.328 e. The van der Waals surface area contributed by atoms with Crippen LogP contribution in [0.15, 0.2) is 34.7 Å². The number of anilines is 1. The van der Waals surface area contributed by atoms with Crippen molar-refractivity contribution >= 4 is 38.3 Å². The average Bonchev–Trinajstić information content (AvgIpc) is 3.30. The third kappa shape index (κ3) is 5.61. The number of thiazole rings is 1. The lowest BCUT2D eigenvalue weighted by atomic mass is 9.84. The zero-order valence-corrected chi connectivity index (χ0v) is 20.1. The second-order valence-electron chi connectivity index (χ2n) is 8.61. The van der Waals surface area contributed by atoms with Gasteiger partial charge >= 0.3 is 0 Å². The first-order valence-corrected chi connectivity index (χ1v) is 13.5.